The van der Waals surface area contributed by atoms with Crippen molar-refractivity contribution in [2.24, 2.45) is 5.41 Å². The zero-order chi connectivity index (χ0) is 17.7. The third kappa shape index (κ3) is 6.50. The number of nitrogens with zero attached hydrogens (tertiary/aromatic N) is 2. The molecule has 5 heteroatoms. The second kappa shape index (κ2) is 8.13. The van der Waals surface area contributed by atoms with Gasteiger partial charge in [-0.1, -0.05) is 20.8 Å². The summed E-state index contributed by atoms with van der Waals surface area (Å²) in [4.78, 5) is 26.5. The summed E-state index contributed by atoms with van der Waals surface area (Å²) >= 11 is 0. The second-order valence-electron chi connectivity index (χ2n) is 8.46. The lowest BCUT2D eigenvalue weighted by molar-refractivity contribution is -0.870. The summed E-state index contributed by atoms with van der Waals surface area (Å²) in [6, 6.07) is 0.178. The van der Waals surface area contributed by atoms with E-state index in [-0.39, 0.29) is 17.9 Å². The van der Waals surface area contributed by atoms with Crippen LogP contribution in [0.2, 0.25) is 0 Å². The number of carbonyl (C=O) groups is 2. The molecule has 134 valence electrons. The highest BCUT2D eigenvalue weighted by Gasteiger charge is 2.35. The van der Waals surface area contributed by atoms with Crippen LogP contribution < -0.4 is 5.32 Å². The molecule has 5 nitrogen and oxygen atoms in total. The molecule has 0 bridgehead atoms. The summed E-state index contributed by atoms with van der Waals surface area (Å²) in [6.07, 6.45) is 4.23. The summed E-state index contributed by atoms with van der Waals surface area (Å²) < 4.78 is 0.911. The maximum atomic E-state index is 12.5. The Kier molecular flexibility index (Phi) is 7.05. The van der Waals surface area contributed by atoms with Crippen molar-refractivity contribution in [2.45, 2.75) is 58.9 Å². The van der Waals surface area contributed by atoms with Gasteiger partial charge in [-0.15, -0.1) is 0 Å². The summed E-state index contributed by atoms with van der Waals surface area (Å²) in [5.41, 5.74) is -0.444. The van der Waals surface area contributed by atoms with Gasteiger partial charge in [-0.25, -0.2) is 0 Å². The van der Waals surface area contributed by atoms with Gasteiger partial charge in [0.05, 0.1) is 27.7 Å². The molecule has 1 aliphatic rings. The van der Waals surface area contributed by atoms with Gasteiger partial charge in [0.2, 0.25) is 11.8 Å². The number of carbonyl (C=O) groups excluding carboxylic acids is 2. The van der Waals surface area contributed by atoms with Crippen molar-refractivity contribution in [2.75, 3.05) is 40.8 Å². The first-order valence-corrected chi connectivity index (χ1v) is 8.95. The molecular weight excluding hydrogens is 290 g/mol. The van der Waals surface area contributed by atoms with Gasteiger partial charge in [-0.3, -0.25) is 9.59 Å². The molecule has 1 fully saturated rings. The molecule has 0 radical (unpaired) electrons. The fraction of sp³-hybridized carbons (Fsp3) is 0.889. The summed E-state index contributed by atoms with van der Waals surface area (Å²) in [6.45, 7) is 8.69. The molecule has 1 aliphatic heterocycles. The van der Waals surface area contributed by atoms with E-state index in [2.05, 4.69) is 33.4 Å². The van der Waals surface area contributed by atoms with Gasteiger partial charge in [0.15, 0.2) is 0 Å². The van der Waals surface area contributed by atoms with E-state index in [1.807, 2.05) is 18.7 Å². The van der Waals surface area contributed by atoms with Crippen molar-refractivity contribution in [3.8, 4) is 0 Å². The third-order valence-electron chi connectivity index (χ3n) is 4.67. The largest absolute Gasteiger partial charge is 0.355 e. The number of amides is 2. The number of rotatable bonds is 9. The van der Waals surface area contributed by atoms with Crippen LogP contribution in [0.3, 0.4) is 0 Å². The Morgan fingerprint density at radius 3 is 2.48 bits per heavy atom. The van der Waals surface area contributed by atoms with E-state index >= 15 is 0 Å². The van der Waals surface area contributed by atoms with Gasteiger partial charge in [0.25, 0.3) is 0 Å². The highest BCUT2D eigenvalue weighted by Crippen LogP contribution is 2.29. The lowest BCUT2D eigenvalue weighted by Gasteiger charge is -2.34. The van der Waals surface area contributed by atoms with E-state index in [1.165, 1.54) is 0 Å². The number of likely N-dealkylation sites (tertiary alicyclic amines) is 1. The van der Waals surface area contributed by atoms with Crippen LogP contribution in [0.25, 0.3) is 0 Å². The van der Waals surface area contributed by atoms with Crippen LogP contribution in [0.5, 0.6) is 0 Å². The summed E-state index contributed by atoms with van der Waals surface area (Å²) in [7, 11) is 6.47. The van der Waals surface area contributed by atoms with Gasteiger partial charge < -0.3 is 14.7 Å². The molecule has 0 spiro atoms. The summed E-state index contributed by atoms with van der Waals surface area (Å²) in [5.74, 6) is 0.347. The molecule has 1 saturated heterocycles. The molecule has 1 unspecified atom stereocenters. The molecule has 23 heavy (non-hydrogen) atoms. The van der Waals surface area contributed by atoms with Crippen LogP contribution in [0.15, 0.2) is 0 Å². The first kappa shape index (κ1) is 19.9. The van der Waals surface area contributed by atoms with E-state index in [1.54, 1.807) is 0 Å². The van der Waals surface area contributed by atoms with Crippen molar-refractivity contribution in [3.63, 3.8) is 0 Å². The van der Waals surface area contributed by atoms with Crippen molar-refractivity contribution in [1.29, 1.82) is 0 Å². The molecule has 1 rings (SSSR count). The normalized spacial score (nSPS) is 17.5. The van der Waals surface area contributed by atoms with Crippen molar-refractivity contribution >= 4 is 11.8 Å². The quantitative estimate of drug-likeness (QED) is 0.520. The lowest BCUT2D eigenvalue weighted by Crippen LogP contribution is -2.45. The van der Waals surface area contributed by atoms with Gasteiger partial charge in [0, 0.05) is 37.4 Å². The maximum Gasteiger partial charge on any atom is 0.225 e. The fourth-order valence-corrected chi connectivity index (χ4v) is 3.21. The minimum Gasteiger partial charge on any atom is -0.355 e. The highest BCUT2D eigenvalue weighted by atomic mass is 16.2. The Hall–Kier alpha value is -1.10. The van der Waals surface area contributed by atoms with Gasteiger partial charge in [0.1, 0.15) is 0 Å². The molecule has 0 aromatic heterocycles. The molecule has 0 aromatic rings. The predicted molar refractivity (Wildman–Crippen MR) is 94.0 cm³/mol. The number of hydrogen-bond donors (Lipinski definition) is 1. The van der Waals surface area contributed by atoms with Crippen LogP contribution in [-0.2, 0) is 9.59 Å². The second-order valence-corrected chi connectivity index (χ2v) is 8.46. The molecule has 1 N–H and O–H groups in total. The predicted octanol–water partition coefficient (Wildman–Crippen LogP) is 2.02. The zero-order valence-electron chi connectivity index (χ0n) is 15.9. The molecule has 1 heterocycles. The van der Waals surface area contributed by atoms with Crippen LogP contribution in [0, 0.1) is 5.41 Å². The monoisotopic (exact) mass is 326 g/mol. The van der Waals surface area contributed by atoms with Crippen molar-refractivity contribution in [3.05, 3.63) is 0 Å². The SMILES string of the molecule is CCC(CC(C)(C)C(=O)NCCC[N+](C)(C)C)N1CCCC1=O. The molecule has 0 aliphatic carbocycles. The average molecular weight is 327 g/mol. The Morgan fingerprint density at radius 2 is 2.00 bits per heavy atom. The van der Waals surface area contributed by atoms with Crippen molar-refractivity contribution < 1.29 is 14.1 Å². The highest BCUT2D eigenvalue weighted by molar-refractivity contribution is 5.82. The van der Waals surface area contributed by atoms with E-state index in [9.17, 15) is 9.59 Å². The molecule has 1 atom stereocenters. The van der Waals surface area contributed by atoms with E-state index < -0.39 is 5.41 Å². The average Bonchev–Trinajstić information content (AvgIpc) is 2.85. The first-order valence-electron chi connectivity index (χ1n) is 8.95. The molecule has 2 amide bonds. The first-order chi connectivity index (χ1) is 10.6. The maximum absolute atomic E-state index is 12.5. The van der Waals surface area contributed by atoms with Gasteiger partial charge in [-0.05, 0) is 19.3 Å². The van der Waals surface area contributed by atoms with E-state index in [4.69, 9.17) is 0 Å². The Labute approximate surface area is 142 Å². The van der Waals surface area contributed by atoms with Crippen LogP contribution >= 0.6 is 0 Å². The third-order valence-corrected chi connectivity index (χ3v) is 4.67. The van der Waals surface area contributed by atoms with Crippen LogP contribution in [0.4, 0.5) is 0 Å². The zero-order valence-corrected chi connectivity index (χ0v) is 15.9. The minimum absolute atomic E-state index is 0.101. The topological polar surface area (TPSA) is 49.4 Å². The standard InChI is InChI=1S/C18H35N3O2/c1-7-15(20-12-8-10-16(20)22)14-18(2,3)17(23)19-11-9-13-21(4,5)6/h15H,7-14H2,1-6H3/p+1. The minimum atomic E-state index is -0.444. The smallest absolute Gasteiger partial charge is 0.225 e. The van der Waals surface area contributed by atoms with Crippen molar-refractivity contribution in [1.82, 2.24) is 10.2 Å². The fourth-order valence-electron chi connectivity index (χ4n) is 3.21. The number of hydrogen-bond acceptors (Lipinski definition) is 2. The van der Waals surface area contributed by atoms with Gasteiger partial charge >= 0.3 is 0 Å². The van der Waals surface area contributed by atoms with Crippen LogP contribution in [0.1, 0.15) is 52.9 Å². The Bertz CT molecular complexity index is 413. The van der Waals surface area contributed by atoms with Gasteiger partial charge in [-0.2, -0.15) is 0 Å². The van der Waals surface area contributed by atoms with E-state index in [0.29, 0.717) is 6.42 Å². The van der Waals surface area contributed by atoms with E-state index in [0.717, 1.165) is 49.8 Å². The molecule has 0 aromatic carbocycles. The summed E-state index contributed by atoms with van der Waals surface area (Å²) in [5, 5.41) is 3.07. The Morgan fingerprint density at radius 1 is 1.35 bits per heavy atom. The number of nitrogens with one attached hydrogen (secondary N) is 1. The molecular formula is C18H36N3O2+. The molecule has 0 saturated carbocycles. The lowest BCUT2D eigenvalue weighted by atomic mass is 9.83. The Balaban J connectivity index is 2.49. The number of quaternary nitrogens is 1. The van der Waals surface area contributed by atoms with Crippen LogP contribution in [-0.4, -0.2) is 68.0 Å².